The van der Waals surface area contributed by atoms with Gasteiger partial charge in [0.15, 0.2) is 9.84 Å². The molecule has 110 valence electrons. The van der Waals surface area contributed by atoms with Crippen LogP contribution in [0.2, 0.25) is 0 Å². The zero-order chi connectivity index (χ0) is 14.8. The van der Waals surface area contributed by atoms with E-state index in [9.17, 15) is 18.3 Å². The van der Waals surface area contributed by atoms with Gasteiger partial charge < -0.3 is 15.7 Å². The van der Waals surface area contributed by atoms with Crippen LogP contribution in [0, 0.1) is 0 Å². The van der Waals surface area contributed by atoms with Gasteiger partial charge in [-0.25, -0.2) is 13.2 Å². The van der Waals surface area contributed by atoms with Crippen molar-refractivity contribution in [2.24, 2.45) is 0 Å². The lowest BCUT2D eigenvalue weighted by atomic mass is 10.1. The normalized spacial score (nSPS) is 22.2. The molecule has 1 aliphatic rings. The van der Waals surface area contributed by atoms with Crippen molar-refractivity contribution in [3.63, 3.8) is 0 Å². The van der Waals surface area contributed by atoms with Crippen molar-refractivity contribution in [2.45, 2.75) is 25.5 Å². The first kappa shape index (κ1) is 14.8. The molecule has 2 atom stereocenters. The molecule has 1 heterocycles. The number of sulfone groups is 1. The van der Waals surface area contributed by atoms with Crippen LogP contribution in [-0.2, 0) is 9.84 Å². The van der Waals surface area contributed by atoms with Crippen molar-refractivity contribution < 1.29 is 18.3 Å². The second-order valence-corrected chi connectivity index (χ2v) is 7.23. The van der Waals surface area contributed by atoms with Gasteiger partial charge in [-0.15, -0.1) is 0 Å². The van der Waals surface area contributed by atoms with Crippen LogP contribution in [0.4, 0.5) is 10.5 Å². The molecule has 20 heavy (non-hydrogen) atoms. The molecule has 2 rings (SSSR count). The predicted octanol–water partition coefficient (Wildman–Crippen LogP) is 1.05. The maximum absolute atomic E-state index is 11.7. The molecule has 1 saturated heterocycles. The van der Waals surface area contributed by atoms with Crippen molar-refractivity contribution in [1.29, 1.82) is 0 Å². The molecule has 3 N–H and O–H groups in total. The highest BCUT2D eigenvalue weighted by Gasteiger charge is 2.28. The molecular weight excluding hydrogens is 280 g/mol. The van der Waals surface area contributed by atoms with Gasteiger partial charge in [-0.3, -0.25) is 0 Å². The smallest absolute Gasteiger partial charge is 0.319 e. The van der Waals surface area contributed by atoms with Crippen LogP contribution < -0.4 is 10.6 Å². The Kier molecular flexibility index (Phi) is 4.29. The van der Waals surface area contributed by atoms with Gasteiger partial charge in [0.1, 0.15) is 0 Å². The monoisotopic (exact) mass is 298 g/mol. The molecule has 1 fully saturated rings. The Labute approximate surface area is 118 Å². The van der Waals surface area contributed by atoms with Gasteiger partial charge in [0.2, 0.25) is 0 Å². The molecule has 1 aliphatic heterocycles. The number of amides is 2. The maximum atomic E-state index is 11.7. The third-order valence-electron chi connectivity index (χ3n) is 3.22. The molecule has 2 unspecified atom stereocenters. The van der Waals surface area contributed by atoms with Crippen LogP contribution in [0.25, 0.3) is 0 Å². The highest BCUT2D eigenvalue weighted by molar-refractivity contribution is 7.91. The van der Waals surface area contributed by atoms with E-state index in [0.717, 1.165) is 5.56 Å². The van der Waals surface area contributed by atoms with E-state index in [0.29, 0.717) is 12.1 Å². The van der Waals surface area contributed by atoms with Crippen molar-refractivity contribution >= 4 is 21.6 Å². The second kappa shape index (κ2) is 5.80. The first-order valence-corrected chi connectivity index (χ1v) is 8.24. The van der Waals surface area contributed by atoms with Crippen LogP contribution in [0.15, 0.2) is 24.3 Å². The van der Waals surface area contributed by atoms with Crippen LogP contribution >= 0.6 is 0 Å². The summed E-state index contributed by atoms with van der Waals surface area (Å²) in [4.78, 5) is 11.7. The summed E-state index contributed by atoms with van der Waals surface area (Å²) < 4.78 is 22.6. The Hall–Kier alpha value is -1.60. The molecule has 1 aromatic rings. The standard InChI is InChI=1S/C13H18N2O4S/c1-9(16)10-2-4-11(5-3-10)14-13(17)15-12-6-7-20(18,19)8-12/h2-5,9,12,16H,6-8H2,1H3,(H2,14,15,17). The van der Waals surface area contributed by atoms with E-state index in [2.05, 4.69) is 10.6 Å². The molecular formula is C13H18N2O4S. The SMILES string of the molecule is CC(O)c1ccc(NC(=O)NC2CCS(=O)(=O)C2)cc1. The van der Waals surface area contributed by atoms with Crippen LogP contribution in [0.5, 0.6) is 0 Å². The fourth-order valence-electron chi connectivity index (χ4n) is 2.11. The number of nitrogens with one attached hydrogen (secondary N) is 2. The highest BCUT2D eigenvalue weighted by Crippen LogP contribution is 2.16. The molecule has 0 spiro atoms. The minimum atomic E-state index is -3.00. The number of anilines is 1. The third kappa shape index (κ3) is 3.94. The number of rotatable bonds is 3. The Bertz CT molecular complexity index is 581. The fourth-order valence-corrected chi connectivity index (χ4v) is 3.78. The Balaban J connectivity index is 1.88. The fraction of sp³-hybridized carbons (Fsp3) is 0.462. The predicted molar refractivity (Wildman–Crippen MR) is 76.3 cm³/mol. The summed E-state index contributed by atoms with van der Waals surface area (Å²) in [6.07, 6.45) is -0.0990. The molecule has 0 saturated carbocycles. The van der Waals surface area contributed by atoms with Gasteiger partial charge in [-0.2, -0.15) is 0 Å². The number of urea groups is 1. The Morgan fingerprint density at radius 3 is 2.50 bits per heavy atom. The molecule has 0 aliphatic carbocycles. The van der Waals surface area contributed by atoms with Crippen LogP contribution in [-0.4, -0.2) is 37.1 Å². The minimum Gasteiger partial charge on any atom is -0.389 e. The lowest BCUT2D eigenvalue weighted by molar-refractivity contribution is 0.199. The van der Waals surface area contributed by atoms with E-state index in [1.165, 1.54) is 0 Å². The quantitative estimate of drug-likeness (QED) is 0.777. The van der Waals surface area contributed by atoms with Crippen molar-refractivity contribution in [3.8, 4) is 0 Å². The largest absolute Gasteiger partial charge is 0.389 e. The van der Waals surface area contributed by atoms with Crippen LogP contribution in [0.3, 0.4) is 0 Å². The molecule has 1 aromatic carbocycles. The summed E-state index contributed by atoms with van der Waals surface area (Å²) in [6, 6.07) is 6.08. The number of carbonyl (C=O) groups excluding carboxylic acids is 1. The van der Waals surface area contributed by atoms with Gasteiger partial charge >= 0.3 is 6.03 Å². The number of aliphatic hydroxyl groups excluding tert-OH is 1. The first-order chi connectivity index (χ1) is 9.35. The second-order valence-electron chi connectivity index (χ2n) is 5.00. The number of carbonyl (C=O) groups is 1. The van der Waals surface area contributed by atoms with Crippen LogP contribution in [0.1, 0.15) is 25.0 Å². The summed E-state index contributed by atoms with van der Waals surface area (Å²) >= 11 is 0. The van der Waals surface area contributed by atoms with E-state index < -0.39 is 22.0 Å². The molecule has 2 amide bonds. The lowest BCUT2D eigenvalue weighted by Crippen LogP contribution is -2.38. The highest BCUT2D eigenvalue weighted by atomic mass is 32.2. The van der Waals surface area contributed by atoms with E-state index in [1.807, 2.05) is 0 Å². The molecule has 7 heteroatoms. The van der Waals surface area contributed by atoms with Crippen molar-refractivity contribution in [2.75, 3.05) is 16.8 Å². The van der Waals surface area contributed by atoms with Gasteiger partial charge in [-0.05, 0) is 31.0 Å². The van der Waals surface area contributed by atoms with E-state index >= 15 is 0 Å². The van der Waals surface area contributed by atoms with Gasteiger partial charge in [0.25, 0.3) is 0 Å². The summed E-state index contributed by atoms with van der Waals surface area (Å²) in [6.45, 7) is 1.66. The molecule has 0 bridgehead atoms. The van der Waals surface area contributed by atoms with Gasteiger partial charge in [0.05, 0.1) is 17.6 Å². The van der Waals surface area contributed by atoms with E-state index in [1.54, 1.807) is 31.2 Å². The first-order valence-electron chi connectivity index (χ1n) is 6.42. The van der Waals surface area contributed by atoms with E-state index in [4.69, 9.17) is 0 Å². The summed E-state index contributed by atoms with van der Waals surface area (Å²) in [7, 11) is -3.00. The number of benzene rings is 1. The lowest BCUT2D eigenvalue weighted by Gasteiger charge is -2.12. The zero-order valence-corrected chi connectivity index (χ0v) is 12.0. The summed E-state index contributed by atoms with van der Waals surface area (Å²) in [5, 5.41) is 14.7. The minimum absolute atomic E-state index is 0.00137. The van der Waals surface area contributed by atoms with E-state index in [-0.39, 0.29) is 17.5 Å². The zero-order valence-electron chi connectivity index (χ0n) is 11.2. The van der Waals surface area contributed by atoms with Crippen molar-refractivity contribution in [3.05, 3.63) is 29.8 Å². The summed E-state index contributed by atoms with van der Waals surface area (Å²) in [5.41, 5.74) is 1.35. The average molecular weight is 298 g/mol. The van der Waals surface area contributed by atoms with Crippen molar-refractivity contribution in [1.82, 2.24) is 5.32 Å². The average Bonchev–Trinajstić information content (AvgIpc) is 2.69. The number of hydrogen-bond acceptors (Lipinski definition) is 4. The van der Waals surface area contributed by atoms with Gasteiger partial charge in [0, 0.05) is 11.7 Å². The number of aliphatic hydroxyl groups is 1. The molecule has 0 aromatic heterocycles. The Morgan fingerprint density at radius 2 is 2.00 bits per heavy atom. The number of hydrogen-bond donors (Lipinski definition) is 3. The molecule has 0 radical (unpaired) electrons. The molecule has 6 nitrogen and oxygen atoms in total. The topological polar surface area (TPSA) is 95.5 Å². The third-order valence-corrected chi connectivity index (χ3v) is 4.99. The maximum Gasteiger partial charge on any atom is 0.319 e. The summed E-state index contributed by atoms with van der Waals surface area (Å²) in [5.74, 6) is 0.127. The Morgan fingerprint density at radius 1 is 1.35 bits per heavy atom. The van der Waals surface area contributed by atoms with Gasteiger partial charge in [-0.1, -0.05) is 12.1 Å².